The highest BCUT2D eigenvalue weighted by atomic mass is 19.2. The van der Waals surface area contributed by atoms with Crippen LogP contribution < -0.4 is 0 Å². The van der Waals surface area contributed by atoms with Gasteiger partial charge in [0.05, 0.1) is 12.7 Å². The highest BCUT2D eigenvalue weighted by molar-refractivity contribution is 5.28. The molecule has 2 atom stereocenters. The van der Waals surface area contributed by atoms with E-state index in [0.29, 0.717) is 6.61 Å². The van der Waals surface area contributed by atoms with Crippen LogP contribution in [0.15, 0.2) is 35.5 Å². The van der Waals surface area contributed by atoms with Gasteiger partial charge >= 0.3 is 0 Å². The molecule has 0 aromatic heterocycles. The van der Waals surface area contributed by atoms with E-state index in [1.165, 1.54) is 14.0 Å². The Bertz CT molecular complexity index is 346. The maximum atomic E-state index is 13.9. The second-order valence-electron chi connectivity index (χ2n) is 4.24. The maximum absolute atomic E-state index is 13.9. The lowest BCUT2D eigenvalue weighted by Gasteiger charge is -2.14. The Labute approximate surface area is 114 Å². The fourth-order valence-corrected chi connectivity index (χ4v) is 1.59. The van der Waals surface area contributed by atoms with Crippen LogP contribution in [0.5, 0.6) is 0 Å². The summed E-state index contributed by atoms with van der Waals surface area (Å²) < 4.78 is 37.5. The predicted octanol–water partition coefficient (Wildman–Crippen LogP) is 4.35. The third-order valence-corrected chi connectivity index (χ3v) is 2.69. The van der Waals surface area contributed by atoms with Gasteiger partial charge in [0.15, 0.2) is 11.7 Å². The summed E-state index contributed by atoms with van der Waals surface area (Å²) in [5.74, 6) is -1.95. The van der Waals surface area contributed by atoms with E-state index in [2.05, 4.69) is 0 Å². The van der Waals surface area contributed by atoms with Crippen molar-refractivity contribution in [1.82, 2.24) is 0 Å². The first-order valence-electron chi connectivity index (χ1n) is 6.47. The minimum absolute atomic E-state index is 0.0501. The van der Waals surface area contributed by atoms with Gasteiger partial charge in [0.25, 0.3) is 0 Å². The lowest BCUT2D eigenvalue weighted by molar-refractivity contribution is 0.109. The van der Waals surface area contributed by atoms with Gasteiger partial charge in [-0.1, -0.05) is 19.1 Å². The van der Waals surface area contributed by atoms with E-state index in [9.17, 15) is 8.78 Å². The molecule has 0 aliphatic heterocycles. The summed E-state index contributed by atoms with van der Waals surface area (Å²) in [6.07, 6.45) is 4.69. The largest absolute Gasteiger partial charge is 0.380 e. The van der Waals surface area contributed by atoms with E-state index >= 15 is 0 Å². The summed E-state index contributed by atoms with van der Waals surface area (Å²) in [4.78, 5) is 0. The van der Waals surface area contributed by atoms with Gasteiger partial charge in [-0.2, -0.15) is 0 Å². The van der Waals surface area contributed by atoms with Gasteiger partial charge in [-0.15, -0.1) is 0 Å². The number of hydrogen-bond donors (Lipinski definition) is 0. The van der Waals surface area contributed by atoms with Crippen LogP contribution in [-0.2, 0) is 9.47 Å². The molecule has 0 amide bonds. The molecule has 0 aromatic carbocycles. The Morgan fingerprint density at radius 2 is 1.84 bits per heavy atom. The summed E-state index contributed by atoms with van der Waals surface area (Å²) >= 11 is 0. The van der Waals surface area contributed by atoms with Gasteiger partial charge in [-0.25, -0.2) is 8.78 Å². The van der Waals surface area contributed by atoms with Crippen LogP contribution in [0.4, 0.5) is 8.78 Å². The third-order valence-electron chi connectivity index (χ3n) is 2.69. The number of halogens is 2. The normalized spacial score (nSPS) is 17.5. The van der Waals surface area contributed by atoms with Gasteiger partial charge in [0.1, 0.15) is 0 Å². The van der Waals surface area contributed by atoms with Crippen molar-refractivity contribution >= 4 is 0 Å². The van der Waals surface area contributed by atoms with E-state index < -0.39 is 11.7 Å². The number of hydrogen-bond acceptors (Lipinski definition) is 2. The molecular weight excluding hydrogens is 250 g/mol. The minimum atomic E-state index is -0.856. The molecular formula is C15H24F2O2. The highest BCUT2D eigenvalue weighted by Gasteiger charge is 2.15. The quantitative estimate of drug-likeness (QED) is 0.484. The number of methoxy groups -OCH3 is 1. The zero-order chi connectivity index (χ0) is 14.8. The zero-order valence-corrected chi connectivity index (χ0v) is 12.4. The summed E-state index contributed by atoms with van der Waals surface area (Å²) in [7, 11) is 1.46. The van der Waals surface area contributed by atoms with Crippen molar-refractivity contribution in [2.75, 3.05) is 20.3 Å². The monoisotopic (exact) mass is 274 g/mol. The second kappa shape index (κ2) is 9.87. The van der Waals surface area contributed by atoms with Gasteiger partial charge in [-0.3, -0.25) is 0 Å². The number of rotatable bonds is 8. The van der Waals surface area contributed by atoms with Crippen molar-refractivity contribution in [2.45, 2.75) is 33.8 Å². The average molecular weight is 274 g/mol. The Morgan fingerprint density at radius 3 is 2.32 bits per heavy atom. The van der Waals surface area contributed by atoms with Crippen LogP contribution in [0.2, 0.25) is 0 Å². The van der Waals surface area contributed by atoms with Gasteiger partial charge in [-0.05, 0) is 26.8 Å². The summed E-state index contributed by atoms with van der Waals surface area (Å²) in [5, 5.41) is 0. The van der Waals surface area contributed by atoms with E-state index in [1.807, 2.05) is 19.9 Å². The van der Waals surface area contributed by atoms with Gasteiger partial charge < -0.3 is 9.47 Å². The predicted molar refractivity (Wildman–Crippen MR) is 74.3 cm³/mol. The summed E-state index contributed by atoms with van der Waals surface area (Å²) in [6, 6.07) is 0. The molecule has 0 aromatic rings. The Kier molecular flexibility index (Phi) is 9.35. The molecule has 2 unspecified atom stereocenters. The van der Waals surface area contributed by atoms with Crippen LogP contribution in [0.3, 0.4) is 0 Å². The summed E-state index contributed by atoms with van der Waals surface area (Å²) in [6.45, 7) is 7.73. The Balaban J connectivity index is 4.99. The molecule has 0 aliphatic rings. The molecule has 0 N–H and O–H groups in total. The third kappa shape index (κ3) is 6.64. The standard InChI is InChI=1S/C15H24F2O2/c1-6-14(16)15(17)13(10-18-5)11(3)8-9-12(4)19-7-2/h6,8-9,11-12H,7,10H2,1-5H3/b9-8-,14-6+,15-13-. The number of allylic oxidation sites excluding steroid dienone is 4. The first-order valence-corrected chi connectivity index (χ1v) is 6.47. The topological polar surface area (TPSA) is 18.5 Å². The van der Waals surface area contributed by atoms with E-state index in [-0.39, 0.29) is 24.2 Å². The molecule has 0 fully saturated rings. The molecule has 110 valence electrons. The van der Waals surface area contributed by atoms with Crippen molar-refractivity contribution in [1.29, 1.82) is 0 Å². The molecule has 0 saturated heterocycles. The molecule has 0 heterocycles. The van der Waals surface area contributed by atoms with Crippen molar-refractivity contribution in [3.63, 3.8) is 0 Å². The van der Waals surface area contributed by atoms with E-state index in [4.69, 9.17) is 9.47 Å². The zero-order valence-electron chi connectivity index (χ0n) is 12.4. The van der Waals surface area contributed by atoms with E-state index in [0.717, 1.165) is 6.08 Å². The Morgan fingerprint density at radius 1 is 1.21 bits per heavy atom. The molecule has 0 spiro atoms. The molecule has 0 bridgehead atoms. The molecule has 0 rings (SSSR count). The van der Waals surface area contributed by atoms with Crippen molar-refractivity contribution < 1.29 is 18.3 Å². The van der Waals surface area contributed by atoms with Crippen molar-refractivity contribution in [2.24, 2.45) is 5.92 Å². The smallest absolute Gasteiger partial charge is 0.160 e. The lowest BCUT2D eigenvalue weighted by Crippen LogP contribution is -2.08. The SMILES string of the molecule is C/C=C(F)\C(F)=C(/COC)C(C)/C=C\C(C)OCC. The Hall–Kier alpha value is -1.00. The molecule has 4 heteroatoms. The second-order valence-corrected chi connectivity index (χ2v) is 4.24. The summed E-state index contributed by atoms with van der Waals surface area (Å²) in [5.41, 5.74) is 0.290. The van der Waals surface area contributed by atoms with Crippen molar-refractivity contribution in [3.8, 4) is 0 Å². The van der Waals surface area contributed by atoms with E-state index in [1.54, 1.807) is 13.0 Å². The molecule has 19 heavy (non-hydrogen) atoms. The molecule has 2 nitrogen and oxygen atoms in total. The van der Waals surface area contributed by atoms with Crippen LogP contribution in [-0.4, -0.2) is 26.4 Å². The minimum Gasteiger partial charge on any atom is -0.380 e. The molecule has 0 radical (unpaired) electrons. The lowest BCUT2D eigenvalue weighted by atomic mass is 9.99. The van der Waals surface area contributed by atoms with Gasteiger partial charge in [0.2, 0.25) is 0 Å². The average Bonchev–Trinajstić information content (AvgIpc) is 2.40. The first kappa shape index (κ1) is 18.0. The first-order chi connectivity index (χ1) is 8.97. The molecule has 0 aliphatic carbocycles. The van der Waals surface area contributed by atoms with Crippen LogP contribution in [0.25, 0.3) is 0 Å². The van der Waals surface area contributed by atoms with Crippen LogP contribution in [0, 0.1) is 5.92 Å². The maximum Gasteiger partial charge on any atom is 0.160 e. The fourth-order valence-electron chi connectivity index (χ4n) is 1.59. The van der Waals surface area contributed by atoms with Gasteiger partial charge in [0, 0.05) is 25.2 Å². The number of ether oxygens (including phenoxy) is 2. The van der Waals surface area contributed by atoms with Crippen LogP contribution >= 0.6 is 0 Å². The van der Waals surface area contributed by atoms with Crippen LogP contribution in [0.1, 0.15) is 27.7 Å². The molecule has 0 saturated carbocycles. The highest BCUT2D eigenvalue weighted by Crippen LogP contribution is 2.24. The fraction of sp³-hybridized carbons (Fsp3) is 0.600. The van der Waals surface area contributed by atoms with Crippen molar-refractivity contribution in [3.05, 3.63) is 35.5 Å².